The Morgan fingerprint density at radius 1 is 1.12 bits per heavy atom. The molecule has 2 aliphatic carbocycles. The summed E-state index contributed by atoms with van der Waals surface area (Å²) in [6.07, 6.45) is 12.0. The molecule has 1 saturated carbocycles. The number of allylic oxidation sites excluding steroid dienone is 1. The van der Waals surface area contributed by atoms with Gasteiger partial charge in [0.05, 0.1) is 23.5 Å². The van der Waals surface area contributed by atoms with Crippen LogP contribution in [0.5, 0.6) is 11.5 Å². The summed E-state index contributed by atoms with van der Waals surface area (Å²) in [7, 11) is 1.53. The summed E-state index contributed by atoms with van der Waals surface area (Å²) in [5, 5.41) is 55.6. The highest BCUT2D eigenvalue weighted by Gasteiger charge is 2.63. The number of rotatable bonds is 13. The quantitative estimate of drug-likeness (QED) is 0.208. The van der Waals surface area contributed by atoms with Crippen molar-refractivity contribution < 1.29 is 30.0 Å². The molecule has 0 unspecified atom stereocenters. The first-order chi connectivity index (χ1) is 20.0. The highest BCUT2D eigenvalue weighted by molar-refractivity contribution is 6.02. The van der Waals surface area contributed by atoms with Crippen molar-refractivity contribution >= 4 is 5.71 Å². The smallest absolute Gasteiger partial charge is 0.238 e. The minimum atomic E-state index is -1.65. The predicted octanol–water partition coefficient (Wildman–Crippen LogP) is 4.25. The topological polar surface area (TPSA) is 142 Å². The third kappa shape index (κ3) is 5.61. The van der Waals surface area contributed by atoms with Crippen LogP contribution in [0.25, 0.3) is 0 Å². The molecule has 0 radical (unpaired) electrons. The van der Waals surface area contributed by atoms with Crippen molar-refractivity contribution in [2.24, 2.45) is 22.9 Å². The number of fused-ring (bicyclic) bond motifs is 2. The first-order valence-electron chi connectivity index (χ1n) is 15.1. The molecule has 10 heteroatoms. The number of aromatic hydroxyl groups is 1. The number of unbranched alkanes of at least 4 members (excludes halogenated alkanes) is 3. The number of ether oxygens (including phenoxy) is 1. The van der Waals surface area contributed by atoms with Gasteiger partial charge in [-0.05, 0) is 74.1 Å². The minimum absolute atomic E-state index is 0.114. The maximum Gasteiger partial charge on any atom is 0.238 e. The van der Waals surface area contributed by atoms with Gasteiger partial charge in [-0.25, -0.2) is 4.68 Å². The van der Waals surface area contributed by atoms with Crippen LogP contribution in [0.3, 0.4) is 0 Å². The Kier molecular flexibility index (Phi) is 9.31. The van der Waals surface area contributed by atoms with Gasteiger partial charge in [-0.2, -0.15) is 0 Å². The van der Waals surface area contributed by atoms with E-state index < -0.39 is 17.7 Å². The maximum atomic E-state index is 12.8. The molecule has 0 spiro atoms. The van der Waals surface area contributed by atoms with Crippen molar-refractivity contribution in [2.45, 2.75) is 88.9 Å². The summed E-state index contributed by atoms with van der Waals surface area (Å²) in [4.78, 5) is 5.35. The molecule has 1 aromatic heterocycles. The highest BCUT2D eigenvalue weighted by Crippen LogP contribution is 2.62. The maximum absolute atomic E-state index is 12.8. The molecule has 41 heavy (non-hydrogen) atoms. The fraction of sp³-hybridized carbons (Fsp3) is 0.645. The van der Waals surface area contributed by atoms with Gasteiger partial charge in [-0.1, -0.05) is 42.6 Å². The summed E-state index contributed by atoms with van der Waals surface area (Å²) < 4.78 is 8.40. The minimum Gasteiger partial charge on any atom is -0.508 e. The molecule has 10 nitrogen and oxygen atoms in total. The van der Waals surface area contributed by atoms with E-state index in [9.17, 15) is 20.4 Å². The number of aliphatic hydroxyl groups excluding tert-OH is 2. The highest BCUT2D eigenvalue weighted by atomic mass is 16.6. The average molecular weight is 569 g/mol. The molecule has 6 atom stereocenters. The summed E-state index contributed by atoms with van der Waals surface area (Å²) in [6, 6.07) is 4.52. The Balaban J connectivity index is 1.69. The first-order valence-corrected chi connectivity index (χ1v) is 15.1. The third-order valence-electron chi connectivity index (χ3n) is 9.19. The summed E-state index contributed by atoms with van der Waals surface area (Å²) >= 11 is 0. The van der Waals surface area contributed by atoms with Gasteiger partial charge < -0.3 is 30.0 Å². The molecule has 0 bridgehead atoms. The molecular weight excluding hydrogens is 524 g/mol. The van der Waals surface area contributed by atoms with Gasteiger partial charge in [-0.3, -0.25) is 0 Å². The van der Waals surface area contributed by atoms with E-state index in [2.05, 4.69) is 28.5 Å². The number of phenolic OH excluding ortho intramolecular Hbond substituents is 1. The number of hydrogen-bond acceptors (Lipinski definition) is 9. The monoisotopic (exact) mass is 568 g/mol. The normalized spacial score (nSPS) is 29.4. The van der Waals surface area contributed by atoms with Crippen LogP contribution in [0.2, 0.25) is 0 Å². The lowest BCUT2D eigenvalue weighted by Gasteiger charge is -2.56. The second-order valence-electron chi connectivity index (χ2n) is 11.7. The molecule has 1 aliphatic heterocycles. The lowest BCUT2D eigenvalue weighted by Crippen LogP contribution is -2.62. The number of oxime groups is 1. The van der Waals surface area contributed by atoms with Gasteiger partial charge >= 0.3 is 0 Å². The van der Waals surface area contributed by atoms with E-state index in [4.69, 9.17) is 9.57 Å². The van der Waals surface area contributed by atoms with Crippen molar-refractivity contribution in [1.82, 2.24) is 15.0 Å². The van der Waals surface area contributed by atoms with Crippen molar-refractivity contribution in [3.63, 3.8) is 0 Å². The molecule has 224 valence electrons. The van der Waals surface area contributed by atoms with Crippen LogP contribution in [0.4, 0.5) is 0 Å². The van der Waals surface area contributed by atoms with Crippen LogP contribution >= 0.6 is 0 Å². The predicted molar refractivity (Wildman–Crippen MR) is 154 cm³/mol. The zero-order valence-electron chi connectivity index (χ0n) is 24.2. The molecule has 0 saturated heterocycles. The molecule has 1 fully saturated rings. The number of aryl methyl sites for hydroxylation is 1. The van der Waals surface area contributed by atoms with Crippen molar-refractivity contribution in [3.05, 3.63) is 47.3 Å². The Hall–Kier alpha value is -2.95. The van der Waals surface area contributed by atoms with Gasteiger partial charge in [0.1, 0.15) is 24.7 Å². The van der Waals surface area contributed by atoms with Crippen molar-refractivity contribution in [3.8, 4) is 11.5 Å². The van der Waals surface area contributed by atoms with E-state index in [1.807, 2.05) is 4.68 Å². The zero-order chi connectivity index (χ0) is 29.0. The lowest BCUT2D eigenvalue weighted by atomic mass is 9.55. The standard InChI is InChI=1S/C31H44N4O6/c1-3-4-10-21-19-32-34-35(21)28-18-26(33-40-2)24-16-20(9-5-7-14-36)23(11-6-8-15-37)29-25-17-22(38)12-13-27(25)41-31(28,39)30(24)29/h12-13,16-17,19-20,23,28-30,36-39H,3-11,14-15,18H2,1-2H3/t20-,23+,28-,29+,30+,31+/m0/s1. The molecule has 4 N–H and O–H groups in total. The number of phenols is 1. The molecule has 0 amide bonds. The Labute approximate surface area is 241 Å². The van der Waals surface area contributed by atoms with Gasteiger partial charge in [-0.15, -0.1) is 5.10 Å². The van der Waals surface area contributed by atoms with Crippen LogP contribution in [0, 0.1) is 17.8 Å². The van der Waals surface area contributed by atoms with E-state index in [0.29, 0.717) is 18.6 Å². The second-order valence-corrected chi connectivity index (χ2v) is 11.7. The summed E-state index contributed by atoms with van der Waals surface area (Å²) in [6.45, 7) is 2.41. The van der Waals surface area contributed by atoms with E-state index >= 15 is 0 Å². The van der Waals surface area contributed by atoms with E-state index in [1.165, 1.54) is 7.11 Å². The molecule has 2 aromatic rings. The zero-order valence-corrected chi connectivity index (χ0v) is 24.2. The van der Waals surface area contributed by atoms with Crippen molar-refractivity contribution in [2.75, 3.05) is 20.3 Å². The number of benzene rings is 1. The van der Waals surface area contributed by atoms with Crippen LogP contribution in [0.15, 0.2) is 41.2 Å². The molecule has 5 rings (SSSR count). The number of aliphatic hydroxyl groups is 3. The Bertz CT molecular complexity index is 1240. The fourth-order valence-corrected chi connectivity index (χ4v) is 7.38. The van der Waals surface area contributed by atoms with Crippen molar-refractivity contribution in [1.29, 1.82) is 0 Å². The van der Waals surface area contributed by atoms with Gasteiger partial charge in [0.25, 0.3) is 0 Å². The third-order valence-corrected chi connectivity index (χ3v) is 9.19. The SMILES string of the molecule is CCCCc1cnnn1[C@H]1CC(=NOC)C2=C[C@H](CCCCO)[C@@H](CCCCO)[C@@H]3c4cc(O)ccc4O[C@@]1(O)[C@H]23. The summed E-state index contributed by atoms with van der Waals surface area (Å²) in [5.41, 5.74) is 3.46. The van der Waals surface area contributed by atoms with Gasteiger partial charge in [0.2, 0.25) is 5.79 Å². The Morgan fingerprint density at radius 2 is 1.90 bits per heavy atom. The Morgan fingerprint density at radius 3 is 2.63 bits per heavy atom. The number of aromatic nitrogens is 3. The molecule has 3 aliphatic rings. The second kappa shape index (κ2) is 12.9. The average Bonchev–Trinajstić information content (AvgIpc) is 3.42. The fourth-order valence-electron chi connectivity index (χ4n) is 7.38. The molecular formula is C31H44N4O6. The molecule has 1 aromatic carbocycles. The van der Waals surface area contributed by atoms with Crippen LogP contribution < -0.4 is 4.74 Å². The van der Waals surface area contributed by atoms with Crippen LogP contribution in [-0.4, -0.2) is 67.2 Å². The largest absolute Gasteiger partial charge is 0.508 e. The number of nitrogens with zero attached hydrogens (tertiary/aromatic N) is 4. The first kappa shape index (κ1) is 29.5. The van der Waals surface area contributed by atoms with E-state index in [-0.39, 0.29) is 36.7 Å². The van der Waals surface area contributed by atoms with Gasteiger partial charge in [0.15, 0.2) is 0 Å². The van der Waals surface area contributed by atoms with E-state index in [0.717, 1.165) is 73.9 Å². The summed E-state index contributed by atoms with van der Waals surface area (Å²) in [5.74, 6) is -1.34. The number of hydrogen-bond donors (Lipinski definition) is 4. The van der Waals surface area contributed by atoms with Crippen LogP contribution in [0.1, 0.15) is 87.9 Å². The molecule has 2 heterocycles. The lowest BCUT2D eigenvalue weighted by molar-refractivity contribution is -0.225. The van der Waals surface area contributed by atoms with E-state index in [1.54, 1.807) is 24.4 Å². The van der Waals surface area contributed by atoms with Crippen LogP contribution in [-0.2, 0) is 11.3 Å². The van der Waals surface area contributed by atoms with Gasteiger partial charge in [0, 0.05) is 31.1 Å².